The lowest BCUT2D eigenvalue weighted by Crippen LogP contribution is -2.35. The Balaban J connectivity index is 2.04. The highest BCUT2D eigenvalue weighted by molar-refractivity contribution is 5.89. The van der Waals surface area contributed by atoms with E-state index in [0.717, 1.165) is 12.0 Å². The first-order valence-electron chi connectivity index (χ1n) is 7.80. The second-order valence-corrected chi connectivity index (χ2v) is 5.55. The van der Waals surface area contributed by atoms with Gasteiger partial charge in [0.25, 0.3) is 0 Å². The van der Waals surface area contributed by atoms with Gasteiger partial charge in [0.1, 0.15) is 0 Å². The number of nitrogens with one attached hydrogen (secondary N) is 1. The van der Waals surface area contributed by atoms with Crippen LogP contribution in [0.4, 0.5) is 14.9 Å². The van der Waals surface area contributed by atoms with Crippen molar-refractivity contribution in [3.8, 4) is 0 Å². The second kappa shape index (κ2) is 8.98. The van der Waals surface area contributed by atoms with Crippen LogP contribution in [0.3, 0.4) is 0 Å². The number of rotatable bonds is 7. The van der Waals surface area contributed by atoms with Crippen LogP contribution in [0.25, 0.3) is 0 Å². The highest BCUT2D eigenvalue weighted by Gasteiger charge is 2.14. The van der Waals surface area contributed by atoms with Crippen LogP contribution in [0, 0.1) is 12.9 Å². The Kier molecular flexibility index (Phi) is 6.69. The standard InChI is InChI=1S/C18H22FN3O2/c1-14-4-6-15(7-5-14)13-22(10-3-11-24-2)18(23)21-16-8-9-17(19)20-12-16/h4-9,12H,3,10-11,13H2,1-2H3,(H,21,23). The Hall–Kier alpha value is -2.47. The molecule has 2 amide bonds. The van der Waals surface area contributed by atoms with Gasteiger partial charge < -0.3 is 15.0 Å². The van der Waals surface area contributed by atoms with Gasteiger partial charge in [0.2, 0.25) is 5.95 Å². The van der Waals surface area contributed by atoms with Crippen molar-refractivity contribution in [2.75, 3.05) is 25.6 Å². The number of hydrogen-bond acceptors (Lipinski definition) is 3. The topological polar surface area (TPSA) is 54.5 Å². The number of pyridine rings is 1. The smallest absolute Gasteiger partial charge is 0.322 e. The number of amides is 2. The van der Waals surface area contributed by atoms with Crippen LogP contribution >= 0.6 is 0 Å². The van der Waals surface area contributed by atoms with E-state index in [4.69, 9.17) is 4.74 Å². The number of carbonyl (C=O) groups excluding carboxylic acids is 1. The lowest BCUT2D eigenvalue weighted by atomic mass is 10.1. The van der Waals surface area contributed by atoms with E-state index in [1.165, 1.54) is 23.9 Å². The summed E-state index contributed by atoms with van der Waals surface area (Å²) in [6.45, 7) is 3.65. The maximum Gasteiger partial charge on any atom is 0.322 e. The fraction of sp³-hybridized carbons (Fsp3) is 0.333. The molecule has 0 bridgehead atoms. The molecule has 6 heteroatoms. The molecule has 0 spiro atoms. The molecule has 0 atom stereocenters. The first-order chi connectivity index (χ1) is 11.6. The third-order valence-corrected chi connectivity index (χ3v) is 3.54. The fourth-order valence-electron chi connectivity index (χ4n) is 2.22. The zero-order valence-corrected chi connectivity index (χ0v) is 14.0. The zero-order valence-electron chi connectivity index (χ0n) is 14.0. The van der Waals surface area contributed by atoms with Crippen molar-refractivity contribution in [2.24, 2.45) is 0 Å². The molecule has 2 rings (SSSR count). The molecule has 5 nitrogen and oxygen atoms in total. The molecule has 0 saturated heterocycles. The predicted octanol–water partition coefficient (Wildman–Crippen LogP) is 3.60. The van der Waals surface area contributed by atoms with Gasteiger partial charge in [-0.15, -0.1) is 0 Å². The molecule has 0 fully saturated rings. The number of carbonyl (C=O) groups is 1. The normalized spacial score (nSPS) is 10.5. The van der Waals surface area contributed by atoms with Crippen LogP contribution in [0.2, 0.25) is 0 Å². The molecule has 2 aromatic rings. The zero-order chi connectivity index (χ0) is 17.4. The highest BCUT2D eigenvalue weighted by Crippen LogP contribution is 2.11. The number of aryl methyl sites for hydroxylation is 1. The minimum absolute atomic E-state index is 0.250. The van der Waals surface area contributed by atoms with Gasteiger partial charge in [-0.3, -0.25) is 0 Å². The van der Waals surface area contributed by atoms with Gasteiger partial charge in [-0.2, -0.15) is 4.39 Å². The second-order valence-electron chi connectivity index (χ2n) is 5.55. The summed E-state index contributed by atoms with van der Waals surface area (Å²) in [4.78, 5) is 17.8. The van der Waals surface area contributed by atoms with Gasteiger partial charge in [0, 0.05) is 26.8 Å². The molecular weight excluding hydrogens is 309 g/mol. The Morgan fingerprint density at radius 1 is 1.25 bits per heavy atom. The number of ether oxygens (including phenoxy) is 1. The Bertz CT molecular complexity index is 644. The Morgan fingerprint density at radius 3 is 2.62 bits per heavy atom. The molecule has 1 aromatic heterocycles. The van der Waals surface area contributed by atoms with Crippen molar-refractivity contribution >= 4 is 11.7 Å². The third-order valence-electron chi connectivity index (χ3n) is 3.54. The Morgan fingerprint density at radius 2 is 2.00 bits per heavy atom. The van der Waals surface area contributed by atoms with Gasteiger partial charge in [-0.05, 0) is 31.0 Å². The maximum atomic E-state index is 12.9. The molecule has 0 aliphatic heterocycles. The largest absolute Gasteiger partial charge is 0.385 e. The lowest BCUT2D eigenvalue weighted by Gasteiger charge is -2.23. The maximum absolute atomic E-state index is 12.9. The molecule has 1 heterocycles. The van der Waals surface area contributed by atoms with Crippen molar-refractivity contribution in [1.29, 1.82) is 0 Å². The van der Waals surface area contributed by atoms with E-state index in [-0.39, 0.29) is 6.03 Å². The van der Waals surface area contributed by atoms with Crippen LogP contribution < -0.4 is 5.32 Å². The summed E-state index contributed by atoms with van der Waals surface area (Å²) in [6.07, 6.45) is 2.03. The number of urea groups is 1. The third kappa shape index (κ3) is 5.62. The first kappa shape index (κ1) is 17.9. The van der Waals surface area contributed by atoms with Crippen LogP contribution in [0.15, 0.2) is 42.6 Å². The first-order valence-corrected chi connectivity index (χ1v) is 7.80. The van der Waals surface area contributed by atoms with Gasteiger partial charge in [0.15, 0.2) is 0 Å². The van der Waals surface area contributed by atoms with Crippen molar-refractivity contribution in [3.63, 3.8) is 0 Å². The number of halogens is 1. The van der Waals surface area contributed by atoms with E-state index < -0.39 is 5.95 Å². The molecule has 0 unspecified atom stereocenters. The summed E-state index contributed by atoms with van der Waals surface area (Å²) in [5.74, 6) is -0.579. The molecular formula is C18H22FN3O2. The number of benzene rings is 1. The average Bonchev–Trinajstić information content (AvgIpc) is 2.58. The fourth-order valence-corrected chi connectivity index (χ4v) is 2.22. The summed E-state index contributed by atoms with van der Waals surface area (Å²) in [7, 11) is 1.63. The van der Waals surface area contributed by atoms with Gasteiger partial charge >= 0.3 is 6.03 Å². The molecule has 128 valence electrons. The monoisotopic (exact) mass is 331 g/mol. The van der Waals surface area contributed by atoms with E-state index in [2.05, 4.69) is 10.3 Å². The summed E-state index contributed by atoms with van der Waals surface area (Å²) < 4.78 is 17.9. The van der Waals surface area contributed by atoms with Crippen molar-refractivity contribution in [3.05, 3.63) is 59.7 Å². The number of nitrogens with zero attached hydrogens (tertiary/aromatic N) is 2. The van der Waals surface area contributed by atoms with E-state index in [9.17, 15) is 9.18 Å². The molecule has 1 N–H and O–H groups in total. The summed E-state index contributed by atoms with van der Waals surface area (Å²) in [5.41, 5.74) is 2.68. The highest BCUT2D eigenvalue weighted by atomic mass is 19.1. The van der Waals surface area contributed by atoms with Gasteiger partial charge in [-0.25, -0.2) is 9.78 Å². The van der Waals surface area contributed by atoms with Crippen molar-refractivity contribution in [2.45, 2.75) is 19.9 Å². The van der Waals surface area contributed by atoms with Gasteiger partial charge in [0.05, 0.1) is 11.9 Å². The van der Waals surface area contributed by atoms with E-state index in [1.54, 1.807) is 12.0 Å². The number of anilines is 1. The molecule has 24 heavy (non-hydrogen) atoms. The number of hydrogen-bond donors (Lipinski definition) is 1. The van der Waals surface area contributed by atoms with E-state index in [1.807, 2.05) is 31.2 Å². The van der Waals surface area contributed by atoms with Crippen LogP contribution in [-0.2, 0) is 11.3 Å². The molecule has 0 radical (unpaired) electrons. The molecule has 0 aliphatic rings. The lowest BCUT2D eigenvalue weighted by molar-refractivity contribution is 0.171. The number of methoxy groups -OCH3 is 1. The quantitative estimate of drug-likeness (QED) is 0.623. The SMILES string of the molecule is COCCCN(Cc1ccc(C)cc1)C(=O)Nc1ccc(F)nc1. The average molecular weight is 331 g/mol. The summed E-state index contributed by atoms with van der Waals surface area (Å²) in [6, 6.07) is 10.5. The summed E-state index contributed by atoms with van der Waals surface area (Å²) >= 11 is 0. The summed E-state index contributed by atoms with van der Waals surface area (Å²) in [5, 5.41) is 2.74. The molecule has 0 saturated carbocycles. The minimum Gasteiger partial charge on any atom is -0.385 e. The molecule has 0 aliphatic carbocycles. The molecule has 1 aromatic carbocycles. The van der Waals surface area contributed by atoms with Crippen molar-refractivity contribution in [1.82, 2.24) is 9.88 Å². The Labute approximate surface area is 141 Å². The van der Waals surface area contributed by atoms with Crippen LogP contribution in [-0.4, -0.2) is 36.2 Å². The van der Waals surface area contributed by atoms with E-state index >= 15 is 0 Å². The van der Waals surface area contributed by atoms with E-state index in [0.29, 0.717) is 25.4 Å². The van der Waals surface area contributed by atoms with Crippen LogP contribution in [0.1, 0.15) is 17.5 Å². The predicted molar refractivity (Wildman–Crippen MR) is 91.3 cm³/mol. The minimum atomic E-state index is -0.579. The van der Waals surface area contributed by atoms with Gasteiger partial charge in [-0.1, -0.05) is 29.8 Å². The van der Waals surface area contributed by atoms with Crippen molar-refractivity contribution < 1.29 is 13.9 Å². The van der Waals surface area contributed by atoms with Crippen LogP contribution in [0.5, 0.6) is 0 Å². The number of aromatic nitrogens is 1.